The maximum absolute atomic E-state index is 13.0. The summed E-state index contributed by atoms with van der Waals surface area (Å²) in [6, 6.07) is 4.61. The molecule has 5 heteroatoms. The average Bonchev–Trinajstić information content (AvgIpc) is 2.23. The van der Waals surface area contributed by atoms with Crippen LogP contribution in [-0.4, -0.2) is 24.7 Å². The van der Waals surface area contributed by atoms with Gasteiger partial charge in [-0.05, 0) is 6.07 Å². The minimum atomic E-state index is -0.560. The van der Waals surface area contributed by atoms with Crippen LogP contribution in [0.15, 0.2) is 18.2 Å². The highest BCUT2D eigenvalue weighted by Crippen LogP contribution is 2.26. The second-order valence-electron chi connectivity index (χ2n) is 3.39. The van der Waals surface area contributed by atoms with Crippen molar-refractivity contribution in [2.75, 3.05) is 19.6 Å². The minimum absolute atomic E-state index is 0. The van der Waals surface area contributed by atoms with Gasteiger partial charge in [0.2, 0.25) is 0 Å². The lowest BCUT2D eigenvalue weighted by atomic mass is 10.0. The van der Waals surface area contributed by atoms with Crippen molar-refractivity contribution in [1.82, 2.24) is 10.6 Å². The summed E-state index contributed by atoms with van der Waals surface area (Å²) in [5, 5.41) is 15.9. The molecule has 3 nitrogen and oxygen atoms in total. The van der Waals surface area contributed by atoms with Crippen molar-refractivity contribution < 1.29 is 9.50 Å². The molecule has 1 fully saturated rings. The Kier molecular flexibility index (Phi) is 4.32. The third-order valence-corrected chi connectivity index (χ3v) is 2.43. The van der Waals surface area contributed by atoms with Crippen LogP contribution in [0, 0.1) is 5.82 Å². The molecule has 1 aliphatic rings. The summed E-state index contributed by atoms with van der Waals surface area (Å²) in [5.74, 6) is -0.802. The SMILES string of the molecule is Cl.Oc1c(F)cccc1[C@H]1CNCCN1. The Morgan fingerprint density at radius 2 is 2.13 bits per heavy atom. The standard InChI is InChI=1S/C10H13FN2O.ClH/c11-8-3-1-2-7(10(8)14)9-6-12-4-5-13-9;/h1-3,9,12-14H,4-6H2;1H/t9-;/m1./s1. The largest absolute Gasteiger partial charge is 0.505 e. The molecule has 0 aromatic heterocycles. The predicted molar refractivity (Wildman–Crippen MR) is 58.9 cm³/mol. The molecule has 0 saturated carbocycles. The molecule has 1 heterocycles. The summed E-state index contributed by atoms with van der Waals surface area (Å²) in [6.45, 7) is 2.46. The van der Waals surface area contributed by atoms with E-state index in [-0.39, 0.29) is 24.2 Å². The van der Waals surface area contributed by atoms with Gasteiger partial charge in [0.15, 0.2) is 11.6 Å². The second kappa shape index (κ2) is 5.30. The van der Waals surface area contributed by atoms with Gasteiger partial charge < -0.3 is 15.7 Å². The molecule has 0 unspecified atom stereocenters. The van der Waals surface area contributed by atoms with Gasteiger partial charge in [0.25, 0.3) is 0 Å². The van der Waals surface area contributed by atoms with Crippen molar-refractivity contribution in [3.05, 3.63) is 29.6 Å². The number of phenols is 1. The van der Waals surface area contributed by atoms with Gasteiger partial charge in [-0.2, -0.15) is 0 Å². The highest BCUT2D eigenvalue weighted by atomic mass is 35.5. The molecule has 0 radical (unpaired) electrons. The number of hydrogen-bond acceptors (Lipinski definition) is 3. The molecule has 84 valence electrons. The quantitative estimate of drug-likeness (QED) is 0.682. The van der Waals surface area contributed by atoms with Crippen molar-refractivity contribution in [2.45, 2.75) is 6.04 Å². The summed E-state index contributed by atoms with van der Waals surface area (Å²) in [6.07, 6.45) is 0. The zero-order chi connectivity index (χ0) is 9.97. The smallest absolute Gasteiger partial charge is 0.165 e. The first kappa shape index (κ1) is 12.2. The van der Waals surface area contributed by atoms with E-state index in [9.17, 15) is 9.50 Å². The lowest BCUT2D eigenvalue weighted by Gasteiger charge is -2.25. The van der Waals surface area contributed by atoms with E-state index in [0.29, 0.717) is 5.56 Å². The van der Waals surface area contributed by atoms with Crippen LogP contribution < -0.4 is 10.6 Å². The molecule has 0 spiro atoms. The van der Waals surface area contributed by atoms with E-state index >= 15 is 0 Å². The van der Waals surface area contributed by atoms with Crippen LogP contribution in [0.4, 0.5) is 4.39 Å². The van der Waals surface area contributed by atoms with Gasteiger partial charge in [-0.15, -0.1) is 12.4 Å². The molecule has 0 bridgehead atoms. The van der Waals surface area contributed by atoms with Crippen molar-refractivity contribution >= 4 is 12.4 Å². The highest BCUT2D eigenvalue weighted by Gasteiger charge is 2.18. The normalized spacial score (nSPS) is 20.7. The van der Waals surface area contributed by atoms with E-state index in [1.165, 1.54) is 6.07 Å². The van der Waals surface area contributed by atoms with Crippen molar-refractivity contribution in [3.8, 4) is 5.75 Å². The number of hydrogen-bond donors (Lipinski definition) is 3. The molecule has 1 aliphatic heterocycles. The Morgan fingerprint density at radius 1 is 1.33 bits per heavy atom. The molecule has 1 aromatic carbocycles. The van der Waals surface area contributed by atoms with Gasteiger partial charge in [0, 0.05) is 31.2 Å². The molecule has 1 aromatic rings. The number of para-hydroxylation sites is 1. The zero-order valence-corrected chi connectivity index (χ0v) is 8.98. The first-order valence-corrected chi connectivity index (χ1v) is 4.70. The molecule has 1 atom stereocenters. The van der Waals surface area contributed by atoms with Gasteiger partial charge in [-0.25, -0.2) is 4.39 Å². The van der Waals surface area contributed by atoms with Crippen LogP contribution in [0.3, 0.4) is 0 Å². The van der Waals surface area contributed by atoms with E-state index in [0.717, 1.165) is 19.6 Å². The van der Waals surface area contributed by atoms with Crippen molar-refractivity contribution in [3.63, 3.8) is 0 Å². The molecule has 15 heavy (non-hydrogen) atoms. The van der Waals surface area contributed by atoms with Gasteiger partial charge in [0.1, 0.15) is 0 Å². The molecule has 1 saturated heterocycles. The number of aromatic hydroxyl groups is 1. The van der Waals surface area contributed by atoms with Crippen LogP contribution in [0.25, 0.3) is 0 Å². The van der Waals surface area contributed by atoms with Crippen LogP contribution in [0.5, 0.6) is 5.75 Å². The van der Waals surface area contributed by atoms with Crippen LogP contribution in [0.1, 0.15) is 11.6 Å². The zero-order valence-electron chi connectivity index (χ0n) is 8.16. The van der Waals surface area contributed by atoms with Crippen LogP contribution in [-0.2, 0) is 0 Å². The summed E-state index contributed by atoms with van der Waals surface area (Å²) < 4.78 is 13.0. The fourth-order valence-corrected chi connectivity index (χ4v) is 1.69. The lowest BCUT2D eigenvalue weighted by molar-refractivity contribution is 0.387. The first-order chi connectivity index (χ1) is 6.79. The van der Waals surface area contributed by atoms with E-state index in [4.69, 9.17) is 0 Å². The van der Waals surface area contributed by atoms with E-state index in [2.05, 4.69) is 10.6 Å². The molecule has 0 amide bonds. The summed E-state index contributed by atoms with van der Waals surface area (Å²) in [4.78, 5) is 0. The van der Waals surface area contributed by atoms with E-state index < -0.39 is 5.82 Å². The third-order valence-electron chi connectivity index (χ3n) is 2.43. The molecular weight excluding hydrogens is 219 g/mol. The summed E-state index contributed by atoms with van der Waals surface area (Å²) in [5.41, 5.74) is 0.622. The Balaban J connectivity index is 0.00000112. The number of rotatable bonds is 1. The first-order valence-electron chi connectivity index (χ1n) is 4.70. The number of nitrogens with one attached hydrogen (secondary N) is 2. The number of piperazine rings is 1. The van der Waals surface area contributed by atoms with Crippen molar-refractivity contribution in [2.24, 2.45) is 0 Å². The highest BCUT2D eigenvalue weighted by molar-refractivity contribution is 5.85. The van der Waals surface area contributed by atoms with Gasteiger partial charge >= 0.3 is 0 Å². The van der Waals surface area contributed by atoms with E-state index in [1.54, 1.807) is 12.1 Å². The topological polar surface area (TPSA) is 44.3 Å². The van der Waals surface area contributed by atoms with Crippen LogP contribution in [0.2, 0.25) is 0 Å². The number of phenolic OH excluding ortho intramolecular Hbond substituents is 1. The summed E-state index contributed by atoms with van der Waals surface area (Å²) in [7, 11) is 0. The predicted octanol–water partition coefficient (Wildman–Crippen LogP) is 1.19. The maximum Gasteiger partial charge on any atom is 0.165 e. The third kappa shape index (κ3) is 2.59. The monoisotopic (exact) mass is 232 g/mol. The van der Waals surface area contributed by atoms with Gasteiger partial charge in [-0.3, -0.25) is 0 Å². The Morgan fingerprint density at radius 3 is 2.80 bits per heavy atom. The fraction of sp³-hybridized carbons (Fsp3) is 0.400. The van der Waals surface area contributed by atoms with Gasteiger partial charge in [-0.1, -0.05) is 12.1 Å². The Bertz CT molecular complexity index is 329. The van der Waals surface area contributed by atoms with Gasteiger partial charge in [0.05, 0.1) is 0 Å². The van der Waals surface area contributed by atoms with Crippen molar-refractivity contribution in [1.29, 1.82) is 0 Å². The summed E-state index contributed by atoms with van der Waals surface area (Å²) >= 11 is 0. The fourth-order valence-electron chi connectivity index (χ4n) is 1.69. The molecular formula is C10H14ClFN2O. The number of halogens is 2. The number of benzene rings is 1. The van der Waals surface area contributed by atoms with E-state index in [1.807, 2.05) is 0 Å². The minimum Gasteiger partial charge on any atom is -0.505 e. The second-order valence-corrected chi connectivity index (χ2v) is 3.39. The maximum atomic E-state index is 13.0. The Labute approximate surface area is 94.1 Å². The molecule has 3 N–H and O–H groups in total. The molecule has 2 rings (SSSR count). The molecule has 0 aliphatic carbocycles. The lowest BCUT2D eigenvalue weighted by Crippen LogP contribution is -2.42. The van der Waals surface area contributed by atoms with Crippen LogP contribution >= 0.6 is 12.4 Å². The Hall–Kier alpha value is -0.840. The average molecular weight is 233 g/mol.